The van der Waals surface area contributed by atoms with Gasteiger partial charge in [0.15, 0.2) is 0 Å². The van der Waals surface area contributed by atoms with Crippen LogP contribution in [0.2, 0.25) is 0 Å². The molecule has 2 heterocycles. The van der Waals surface area contributed by atoms with E-state index in [1.54, 1.807) is 13.3 Å². The average Bonchev–Trinajstić information content (AvgIpc) is 2.93. The van der Waals surface area contributed by atoms with E-state index in [9.17, 15) is 4.79 Å². The summed E-state index contributed by atoms with van der Waals surface area (Å²) in [6, 6.07) is 23.6. The van der Waals surface area contributed by atoms with Crippen molar-refractivity contribution in [3.8, 4) is 17.0 Å². The van der Waals surface area contributed by atoms with Gasteiger partial charge in [0.05, 0.1) is 30.1 Å². The molecule has 0 radical (unpaired) electrons. The molecule has 0 saturated carbocycles. The van der Waals surface area contributed by atoms with E-state index in [-0.39, 0.29) is 5.91 Å². The van der Waals surface area contributed by atoms with Crippen LogP contribution in [0, 0.1) is 6.92 Å². The van der Waals surface area contributed by atoms with E-state index in [4.69, 9.17) is 9.72 Å². The number of para-hydroxylation sites is 1. The highest BCUT2D eigenvalue weighted by Crippen LogP contribution is 2.26. The van der Waals surface area contributed by atoms with E-state index >= 15 is 0 Å². The molecule has 6 nitrogen and oxygen atoms in total. The second-order valence-corrected chi connectivity index (χ2v) is 10.3. The lowest BCUT2D eigenvalue weighted by molar-refractivity contribution is 0.0956. The van der Waals surface area contributed by atoms with Gasteiger partial charge in [-0.1, -0.05) is 42.0 Å². The predicted octanol–water partition coefficient (Wildman–Crippen LogP) is 5.53. The fourth-order valence-electron chi connectivity index (χ4n) is 4.54. The molecule has 1 aromatic heterocycles. The highest BCUT2D eigenvalue weighted by Gasteiger charge is 2.15. The van der Waals surface area contributed by atoms with Crippen LogP contribution >= 0.6 is 11.8 Å². The second-order valence-electron chi connectivity index (χ2n) is 9.10. The van der Waals surface area contributed by atoms with Crippen molar-refractivity contribution in [2.75, 3.05) is 31.7 Å². The van der Waals surface area contributed by atoms with Crippen LogP contribution < -0.4 is 10.2 Å². The van der Waals surface area contributed by atoms with Crippen LogP contribution in [0.5, 0.6) is 5.75 Å². The average molecular weight is 511 g/mol. The lowest BCUT2D eigenvalue weighted by Gasteiger charge is -2.26. The third-order valence-electron chi connectivity index (χ3n) is 6.46. The van der Waals surface area contributed by atoms with E-state index in [1.165, 1.54) is 0 Å². The van der Waals surface area contributed by atoms with Crippen molar-refractivity contribution in [2.45, 2.75) is 13.5 Å². The fourth-order valence-corrected chi connectivity index (χ4v) is 5.52. The molecule has 1 aliphatic rings. The number of carbonyl (C=O) groups excluding carboxylic acids is 1. The number of nitrogens with one attached hydrogen (secondary N) is 1. The monoisotopic (exact) mass is 510 g/mol. The quantitative estimate of drug-likeness (QED) is 0.262. The molecule has 37 heavy (non-hydrogen) atoms. The lowest BCUT2D eigenvalue weighted by Crippen LogP contribution is -2.32. The summed E-state index contributed by atoms with van der Waals surface area (Å²) in [5.41, 5.74) is 8.92. The molecule has 1 aliphatic heterocycles. The molecule has 0 aliphatic carbocycles. The van der Waals surface area contributed by atoms with E-state index in [1.807, 2.05) is 79.3 Å². The minimum absolute atomic E-state index is 0.275. The number of hydrogen-bond donors (Lipinski definition) is 1. The standard InChI is InChI=1S/C30H30N4O2S/c1-21-6-5-7-23(16-21)28-18-26(25-8-3-4-9-27(25)32-28)30(35)33-31-19-22-10-11-29(36-2)24(17-22)20-34-12-14-37-15-13-34/h3-11,16-19H,12-15,20H2,1-2H3,(H,33,35)/b31-19+. The summed E-state index contributed by atoms with van der Waals surface area (Å²) in [5.74, 6) is 2.91. The molecule has 188 valence electrons. The Hall–Kier alpha value is -3.68. The predicted molar refractivity (Wildman–Crippen MR) is 153 cm³/mol. The van der Waals surface area contributed by atoms with E-state index in [2.05, 4.69) is 27.6 Å². The van der Waals surface area contributed by atoms with Crippen LogP contribution in [-0.2, 0) is 6.54 Å². The molecule has 0 unspecified atom stereocenters. The number of thioether (sulfide) groups is 1. The summed E-state index contributed by atoms with van der Waals surface area (Å²) < 4.78 is 5.59. The molecule has 4 aromatic rings. The summed E-state index contributed by atoms with van der Waals surface area (Å²) in [7, 11) is 1.70. The molecule has 1 N–H and O–H groups in total. The number of benzene rings is 3. The van der Waals surface area contributed by atoms with Crippen LogP contribution in [0.25, 0.3) is 22.2 Å². The van der Waals surface area contributed by atoms with Crippen LogP contribution in [0.1, 0.15) is 27.0 Å². The Balaban J connectivity index is 1.37. The Morgan fingerprint density at radius 2 is 1.92 bits per heavy atom. The molecule has 1 amide bonds. The Labute approximate surface area is 221 Å². The van der Waals surface area contributed by atoms with Crippen LogP contribution in [0.4, 0.5) is 0 Å². The molecule has 5 rings (SSSR count). The summed E-state index contributed by atoms with van der Waals surface area (Å²) >= 11 is 2.00. The van der Waals surface area contributed by atoms with E-state index in [0.717, 1.165) is 75.7 Å². The van der Waals surface area contributed by atoms with Crippen LogP contribution in [0.15, 0.2) is 77.9 Å². The van der Waals surface area contributed by atoms with Crippen molar-refractivity contribution in [3.63, 3.8) is 0 Å². The molecule has 0 bridgehead atoms. The zero-order chi connectivity index (χ0) is 25.6. The van der Waals surface area contributed by atoms with Gasteiger partial charge in [0, 0.05) is 47.7 Å². The van der Waals surface area contributed by atoms with Crippen molar-refractivity contribution in [2.24, 2.45) is 5.10 Å². The highest BCUT2D eigenvalue weighted by atomic mass is 32.2. The number of fused-ring (bicyclic) bond motifs is 1. The molecule has 1 saturated heterocycles. The van der Waals surface area contributed by atoms with Gasteiger partial charge >= 0.3 is 0 Å². The molecular formula is C30H30N4O2S. The number of aryl methyl sites for hydroxylation is 1. The van der Waals surface area contributed by atoms with Crippen molar-refractivity contribution >= 4 is 34.8 Å². The number of rotatable bonds is 7. The van der Waals surface area contributed by atoms with Gasteiger partial charge in [0.2, 0.25) is 0 Å². The van der Waals surface area contributed by atoms with Gasteiger partial charge in [0.25, 0.3) is 5.91 Å². The smallest absolute Gasteiger partial charge is 0.272 e. The number of methoxy groups -OCH3 is 1. The number of hydrogen-bond acceptors (Lipinski definition) is 6. The topological polar surface area (TPSA) is 66.8 Å². The maximum absolute atomic E-state index is 13.2. The fraction of sp³-hybridized carbons (Fsp3) is 0.233. The first-order valence-corrected chi connectivity index (χ1v) is 13.5. The number of carbonyl (C=O) groups is 1. The van der Waals surface area contributed by atoms with Gasteiger partial charge in [-0.05, 0) is 48.9 Å². The van der Waals surface area contributed by atoms with E-state index in [0.29, 0.717) is 5.56 Å². The third-order valence-corrected chi connectivity index (χ3v) is 7.40. The minimum Gasteiger partial charge on any atom is -0.496 e. The molecule has 0 atom stereocenters. The van der Waals surface area contributed by atoms with Gasteiger partial charge in [-0.15, -0.1) is 0 Å². The molecule has 1 fully saturated rings. The SMILES string of the molecule is COc1ccc(/C=N/NC(=O)c2cc(-c3cccc(C)c3)nc3ccccc23)cc1CN1CCSCC1. The normalized spacial score (nSPS) is 14.2. The zero-order valence-electron chi connectivity index (χ0n) is 21.1. The maximum atomic E-state index is 13.2. The van der Waals surface area contributed by atoms with Crippen molar-refractivity contribution in [3.05, 3.63) is 95.1 Å². The molecular weight excluding hydrogens is 480 g/mol. The zero-order valence-corrected chi connectivity index (χ0v) is 21.9. The Kier molecular flexibility index (Phi) is 7.82. The summed E-state index contributed by atoms with van der Waals surface area (Å²) in [4.78, 5) is 20.5. The first-order valence-electron chi connectivity index (χ1n) is 12.4. The van der Waals surface area contributed by atoms with Crippen LogP contribution in [-0.4, -0.2) is 53.7 Å². The van der Waals surface area contributed by atoms with Crippen molar-refractivity contribution < 1.29 is 9.53 Å². The number of pyridine rings is 1. The van der Waals surface area contributed by atoms with Gasteiger partial charge in [0.1, 0.15) is 5.75 Å². The summed E-state index contributed by atoms with van der Waals surface area (Å²) in [6.45, 7) is 5.03. The van der Waals surface area contributed by atoms with Crippen molar-refractivity contribution in [1.29, 1.82) is 0 Å². The third kappa shape index (κ3) is 6.01. The van der Waals surface area contributed by atoms with Crippen LogP contribution in [0.3, 0.4) is 0 Å². The summed E-state index contributed by atoms with van der Waals surface area (Å²) in [6.07, 6.45) is 1.68. The highest BCUT2D eigenvalue weighted by molar-refractivity contribution is 7.99. The number of aromatic nitrogens is 1. The summed E-state index contributed by atoms with van der Waals surface area (Å²) in [5, 5.41) is 5.07. The molecule has 3 aromatic carbocycles. The van der Waals surface area contributed by atoms with Gasteiger partial charge in [-0.3, -0.25) is 9.69 Å². The number of hydrazone groups is 1. The maximum Gasteiger partial charge on any atom is 0.272 e. The van der Waals surface area contributed by atoms with Gasteiger partial charge < -0.3 is 4.74 Å². The van der Waals surface area contributed by atoms with Gasteiger partial charge in [-0.25, -0.2) is 10.4 Å². The van der Waals surface area contributed by atoms with Crippen molar-refractivity contribution in [1.82, 2.24) is 15.3 Å². The lowest BCUT2D eigenvalue weighted by atomic mass is 10.0. The first kappa shape index (κ1) is 25.0. The number of amides is 1. The molecule has 0 spiro atoms. The van der Waals surface area contributed by atoms with E-state index < -0.39 is 0 Å². The Morgan fingerprint density at radius 3 is 2.73 bits per heavy atom. The second kappa shape index (κ2) is 11.6. The Bertz CT molecular complexity index is 1450. The Morgan fingerprint density at radius 1 is 1.08 bits per heavy atom. The minimum atomic E-state index is -0.275. The number of nitrogens with zero attached hydrogens (tertiary/aromatic N) is 3. The number of ether oxygens (including phenoxy) is 1. The largest absolute Gasteiger partial charge is 0.496 e. The molecule has 7 heteroatoms. The first-order chi connectivity index (χ1) is 18.1. The van der Waals surface area contributed by atoms with Gasteiger partial charge in [-0.2, -0.15) is 16.9 Å².